The second-order valence-corrected chi connectivity index (χ2v) is 3.81. The van der Waals surface area contributed by atoms with Gasteiger partial charge in [-0.1, -0.05) is 11.6 Å². The van der Waals surface area contributed by atoms with E-state index in [9.17, 15) is 0 Å². The molecule has 1 unspecified atom stereocenters. The van der Waals surface area contributed by atoms with Crippen LogP contribution < -0.4 is 10.6 Å². The average molecular weight is 197 g/mol. The van der Waals surface area contributed by atoms with E-state index in [1.54, 1.807) is 0 Å². The minimum atomic E-state index is 0.519. The number of benzene rings is 1. The second-order valence-electron chi connectivity index (χ2n) is 3.37. The number of nitrogens with one attached hydrogen (secondary N) is 2. The smallest absolute Gasteiger partial charge is 0.0410 e. The van der Waals surface area contributed by atoms with Crippen LogP contribution in [0.5, 0.6) is 0 Å². The van der Waals surface area contributed by atoms with Crippen molar-refractivity contribution in [3.8, 4) is 0 Å². The Morgan fingerprint density at radius 1 is 1.54 bits per heavy atom. The van der Waals surface area contributed by atoms with Gasteiger partial charge in [0.05, 0.1) is 0 Å². The highest BCUT2D eigenvalue weighted by atomic mass is 35.5. The lowest BCUT2D eigenvalue weighted by molar-refractivity contribution is 0.570. The molecule has 1 heterocycles. The quantitative estimate of drug-likeness (QED) is 0.717. The predicted octanol–water partition coefficient (Wildman–Crippen LogP) is 1.90. The van der Waals surface area contributed by atoms with Crippen molar-refractivity contribution >= 4 is 17.3 Å². The first-order chi connectivity index (χ1) is 6.29. The zero-order chi connectivity index (χ0) is 9.26. The Bertz CT molecular complexity index is 312. The largest absolute Gasteiger partial charge is 0.383 e. The van der Waals surface area contributed by atoms with Gasteiger partial charge in [0.15, 0.2) is 0 Å². The summed E-state index contributed by atoms with van der Waals surface area (Å²) in [5.74, 6) is 0. The Morgan fingerprint density at radius 2 is 2.38 bits per heavy atom. The molecular formula is C10H13ClN2. The zero-order valence-electron chi connectivity index (χ0n) is 7.60. The monoisotopic (exact) mass is 196 g/mol. The molecule has 0 bridgehead atoms. The van der Waals surface area contributed by atoms with Gasteiger partial charge in [0.25, 0.3) is 0 Å². The molecule has 2 rings (SSSR count). The van der Waals surface area contributed by atoms with Crippen molar-refractivity contribution in [3.05, 3.63) is 28.8 Å². The summed E-state index contributed by atoms with van der Waals surface area (Å²) in [5.41, 5.74) is 2.52. The molecule has 1 aromatic rings. The fourth-order valence-electron chi connectivity index (χ4n) is 1.68. The highest BCUT2D eigenvalue weighted by Gasteiger charge is 2.16. The molecule has 2 N–H and O–H groups in total. The van der Waals surface area contributed by atoms with Gasteiger partial charge in [0, 0.05) is 23.3 Å². The first-order valence-electron chi connectivity index (χ1n) is 4.49. The Balaban J connectivity index is 2.27. The Kier molecular flexibility index (Phi) is 2.42. The van der Waals surface area contributed by atoms with Gasteiger partial charge in [-0.3, -0.25) is 0 Å². The molecule has 1 aliphatic heterocycles. The fourth-order valence-corrected chi connectivity index (χ4v) is 1.87. The maximum atomic E-state index is 5.92. The molecule has 13 heavy (non-hydrogen) atoms. The van der Waals surface area contributed by atoms with Crippen LogP contribution in [0.4, 0.5) is 5.69 Å². The van der Waals surface area contributed by atoms with Gasteiger partial charge < -0.3 is 10.6 Å². The van der Waals surface area contributed by atoms with E-state index >= 15 is 0 Å². The normalized spacial score (nSPS) is 20.6. The van der Waals surface area contributed by atoms with Crippen LogP contribution in [0.25, 0.3) is 0 Å². The number of hydrogen-bond acceptors (Lipinski definition) is 2. The molecule has 2 nitrogen and oxygen atoms in total. The van der Waals surface area contributed by atoms with Crippen LogP contribution in [0.15, 0.2) is 18.2 Å². The first-order valence-corrected chi connectivity index (χ1v) is 4.87. The van der Waals surface area contributed by atoms with E-state index in [1.807, 2.05) is 25.2 Å². The van der Waals surface area contributed by atoms with Crippen LogP contribution in [0.3, 0.4) is 0 Å². The lowest BCUT2D eigenvalue weighted by atomic mass is 10.00. The molecule has 0 fully saturated rings. The minimum Gasteiger partial charge on any atom is -0.383 e. The lowest BCUT2D eigenvalue weighted by Gasteiger charge is -2.25. The van der Waals surface area contributed by atoms with Gasteiger partial charge in [-0.15, -0.1) is 0 Å². The summed E-state index contributed by atoms with van der Waals surface area (Å²) in [5, 5.41) is 7.45. The van der Waals surface area contributed by atoms with Gasteiger partial charge in [0.2, 0.25) is 0 Å². The standard InChI is InChI=1S/C10H13ClN2/c1-12-9-5-7-4-8(11)2-3-10(7)13-6-9/h2-4,9,12-13H,5-6H2,1H3. The van der Waals surface area contributed by atoms with Crippen molar-refractivity contribution in [2.45, 2.75) is 12.5 Å². The Hall–Kier alpha value is -0.730. The van der Waals surface area contributed by atoms with E-state index in [-0.39, 0.29) is 0 Å². The van der Waals surface area contributed by atoms with Crippen LogP contribution in [0.2, 0.25) is 5.02 Å². The second kappa shape index (κ2) is 3.56. The molecule has 0 radical (unpaired) electrons. The number of halogens is 1. The SMILES string of the molecule is CNC1CNc2ccc(Cl)cc2C1. The Morgan fingerprint density at radius 3 is 3.15 bits per heavy atom. The predicted molar refractivity (Wildman–Crippen MR) is 56.5 cm³/mol. The molecule has 0 aliphatic carbocycles. The summed E-state index contributed by atoms with van der Waals surface area (Å²) in [7, 11) is 1.99. The third-order valence-corrected chi connectivity index (χ3v) is 2.72. The van der Waals surface area contributed by atoms with E-state index in [0.717, 1.165) is 18.0 Å². The summed E-state index contributed by atoms with van der Waals surface area (Å²) in [6.45, 7) is 0.991. The van der Waals surface area contributed by atoms with Crippen molar-refractivity contribution in [1.29, 1.82) is 0 Å². The first kappa shape index (κ1) is 8.85. The highest BCUT2D eigenvalue weighted by molar-refractivity contribution is 6.30. The van der Waals surface area contributed by atoms with E-state index in [0.29, 0.717) is 6.04 Å². The summed E-state index contributed by atoms with van der Waals surface area (Å²) < 4.78 is 0. The molecule has 70 valence electrons. The number of fused-ring (bicyclic) bond motifs is 1. The van der Waals surface area contributed by atoms with E-state index < -0.39 is 0 Å². The third-order valence-electron chi connectivity index (χ3n) is 2.48. The fraction of sp³-hybridized carbons (Fsp3) is 0.400. The topological polar surface area (TPSA) is 24.1 Å². The van der Waals surface area contributed by atoms with Crippen molar-refractivity contribution in [1.82, 2.24) is 5.32 Å². The summed E-state index contributed by atoms with van der Waals surface area (Å²) in [4.78, 5) is 0. The zero-order valence-corrected chi connectivity index (χ0v) is 8.36. The molecule has 0 aromatic heterocycles. The Labute approximate surface area is 83.3 Å². The maximum absolute atomic E-state index is 5.92. The van der Waals surface area contributed by atoms with E-state index in [2.05, 4.69) is 10.6 Å². The van der Waals surface area contributed by atoms with Gasteiger partial charge >= 0.3 is 0 Å². The highest BCUT2D eigenvalue weighted by Crippen LogP contribution is 2.24. The van der Waals surface area contributed by atoms with E-state index in [1.165, 1.54) is 11.3 Å². The van der Waals surface area contributed by atoms with Gasteiger partial charge in [-0.2, -0.15) is 0 Å². The van der Waals surface area contributed by atoms with Crippen LogP contribution in [-0.2, 0) is 6.42 Å². The number of likely N-dealkylation sites (N-methyl/N-ethyl adjacent to an activating group) is 1. The summed E-state index contributed by atoms with van der Waals surface area (Å²) >= 11 is 5.92. The van der Waals surface area contributed by atoms with Crippen molar-refractivity contribution in [3.63, 3.8) is 0 Å². The van der Waals surface area contributed by atoms with Crippen LogP contribution >= 0.6 is 11.6 Å². The van der Waals surface area contributed by atoms with E-state index in [4.69, 9.17) is 11.6 Å². The third kappa shape index (κ3) is 1.79. The molecule has 0 amide bonds. The number of hydrogen-bond donors (Lipinski definition) is 2. The van der Waals surface area contributed by atoms with Crippen LogP contribution in [0, 0.1) is 0 Å². The van der Waals surface area contributed by atoms with Crippen LogP contribution in [0.1, 0.15) is 5.56 Å². The molecular weight excluding hydrogens is 184 g/mol. The average Bonchev–Trinajstić information content (AvgIpc) is 2.16. The molecule has 0 saturated carbocycles. The minimum absolute atomic E-state index is 0.519. The van der Waals surface area contributed by atoms with Gasteiger partial charge in [-0.05, 0) is 37.2 Å². The van der Waals surface area contributed by atoms with Crippen LogP contribution in [-0.4, -0.2) is 19.6 Å². The number of rotatable bonds is 1. The van der Waals surface area contributed by atoms with Crippen molar-refractivity contribution < 1.29 is 0 Å². The maximum Gasteiger partial charge on any atom is 0.0410 e. The van der Waals surface area contributed by atoms with Gasteiger partial charge in [-0.25, -0.2) is 0 Å². The lowest BCUT2D eigenvalue weighted by Crippen LogP contribution is -2.37. The van der Waals surface area contributed by atoms with Crippen molar-refractivity contribution in [2.75, 3.05) is 18.9 Å². The van der Waals surface area contributed by atoms with Crippen molar-refractivity contribution in [2.24, 2.45) is 0 Å². The molecule has 0 spiro atoms. The van der Waals surface area contributed by atoms with Gasteiger partial charge in [0.1, 0.15) is 0 Å². The molecule has 1 atom stereocenters. The summed E-state index contributed by atoms with van der Waals surface area (Å²) in [6.07, 6.45) is 1.05. The molecule has 1 aromatic carbocycles. The molecule has 0 saturated heterocycles. The number of anilines is 1. The summed E-state index contributed by atoms with van der Waals surface area (Å²) in [6, 6.07) is 6.52. The molecule has 3 heteroatoms. The molecule has 1 aliphatic rings.